The van der Waals surface area contributed by atoms with Crippen molar-refractivity contribution in [3.63, 3.8) is 0 Å². The lowest BCUT2D eigenvalue weighted by molar-refractivity contribution is 0.0956. The second kappa shape index (κ2) is 7.71. The van der Waals surface area contributed by atoms with E-state index in [-0.39, 0.29) is 5.91 Å². The van der Waals surface area contributed by atoms with Crippen LogP contribution in [0.1, 0.15) is 15.9 Å². The fourth-order valence-corrected chi connectivity index (χ4v) is 1.46. The van der Waals surface area contributed by atoms with Gasteiger partial charge in [-0.25, -0.2) is 0 Å². The first-order chi connectivity index (χ1) is 8.27. The number of nitrogens with one attached hydrogen (secondary N) is 1. The average Bonchev–Trinajstić information content (AvgIpc) is 2.37. The van der Waals surface area contributed by atoms with Gasteiger partial charge in [0.15, 0.2) is 0 Å². The molecule has 1 amide bonds. The topological polar surface area (TPSA) is 68.0 Å². The van der Waals surface area contributed by atoms with Crippen LogP contribution in [-0.4, -0.2) is 36.0 Å². The van der Waals surface area contributed by atoms with Gasteiger partial charge in [-0.2, -0.15) is 11.8 Å². The summed E-state index contributed by atoms with van der Waals surface area (Å²) in [6.45, 7) is 0.947. The number of rotatable bonds is 4. The van der Waals surface area contributed by atoms with E-state index in [0.29, 0.717) is 24.2 Å². The van der Waals surface area contributed by atoms with Gasteiger partial charge in [-0.15, -0.1) is 0 Å². The van der Waals surface area contributed by atoms with Gasteiger partial charge in [-0.1, -0.05) is 11.8 Å². The molecule has 0 atom stereocenters. The molecule has 0 saturated heterocycles. The van der Waals surface area contributed by atoms with Gasteiger partial charge in [-0.3, -0.25) is 9.78 Å². The van der Waals surface area contributed by atoms with E-state index < -0.39 is 0 Å². The highest BCUT2D eigenvalue weighted by Crippen LogP contribution is 2.01. The number of hydrogen-bond donors (Lipinski definition) is 2. The Morgan fingerprint density at radius 2 is 2.41 bits per heavy atom. The van der Waals surface area contributed by atoms with Crippen LogP contribution in [0.5, 0.6) is 0 Å². The number of pyridine rings is 1. The van der Waals surface area contributed by atoms with Gasteiger partial charge in [0.2, 0.25) is 0 Å². The SMILES string of the molecule is CSCCNC(=O)c1cncc(C#CCN)c1. The molecule has 0 saturated carbocycles. The van der Waals surface area contributed by atoms with Gasteiger partial charge in [0, 0.05) is 30.3 Å². The Labute approximate surface area is 105 Å². The maximum atomic E-state index is 11.7. The normalized spacial score (nSPS) is 9.29. The molecule has 0 radical (unpaired) electrons. The van der Waals surface area contributed by atoms with Crippen LogP contribution in [0.15, 0.2) is 18.5 Å². The van der Waals surface area contributed by atoms with E-state index in [2.05, 4.69) is 22.1 Å². The van der Waals surface area contributed by atoms with Crippen LogP contribution in [0.4, 0.5) is 0 Å². The van der Waals surface area contributed by atoms with Gasteiger partial charge in [0.05, 0.1) is 12.1 Å². The predicted molar refractivity (Wildman–Crippen MR) is 70.9 cm³/mol. The molecule has 0 aliphatic heterocycles. The van der Waals surface area contributed by atoms with Crippen molar-refractivity contribution in [2.75, 3.05) is 25.1 Å². The largest absolute Gasteiger partial charge is 0.351 e. The Morgan fingerprint density at radius 1 is 1.59 bits per heavy atom. The molecule has 0 aliphatic rings. The first-order valence-electron chi connectivity index (χ1n) is 5.19. The van der Waals surface area contributed by atoms with Crippen LogP contribution in [0, 0.1) is 11.8 Å². The number of aromatic nitrogens is 1. The summed E-state index contributed by atoms with van der Waals surface area (Å²) in [5.41, 5.74) is 6.50. The lowest BCUT2D eigenvalue weighted by atomic mass is 10.2. The van der Waals surface area contributed by atoms with Crippen LogP contribution >= 0.6 is 11.8 Å². The van der Waals surface area contributed by atoms with Crippen LogP contribution in [0.25, 0.3) is 0 Å². The first-order valence-corrected chi connectivity index (χ1v) is 6.58. The lowest BCUT2D eigenvalue weighted by Gasteiger charge is -2.03. The number of amides is 1. The van der Waals surface area contributed by atoms with Crippen molar-refractivity contribution in [3.05, 3.63) is 29.6 Å². The summed E-state index contributed by atoms with van der Waals surface area (Å²) in [7, 11) is 0. The van der Waals surface area contributed by atoms with Crippen molar-refractivity contribution in [2.45, 2.75) is 0 Å². The van der Waals surface area contributed by atoms with Crippen molar-refractivity contribution in [1.29, 1.82) is 0 Å². The zero-order valence-corrected chi connectivity index (χ0v) is 10.5. The minimum Gasteiger partial charge on any atom is -0.351 e. The quantitative estimate of drug-likeness (QED) is 0.602. The van der Waals surface area contributed by atoms with E-state index in [1.165, 1.54) is 6.20 Å². The molecule has 3 N–H and O–H groups in total. The van der Waals surface area contributed by atoms with Crippen LogP contribution in [0.3, 0.4) is 0 Å². The standard InChI is InChI=1S/C12H15N3OS/c1-17-6-5-15-12(16)11-7-10(3-2-4-13)8-14-9-11/h7-9H,4-6,13H2,1H3,(H,15,16). The zero-order chi connectivity index (χ0) is 12.5. The average molecular weight is 249 g/mol. The van der Waals surface area contributed by atoms with Crippen molar-refractivity contribution in [3.8, 4) is 11.8 Å². The molecular formula is C12H15N3OS. The highest BCUT2D eigenvalue weighted by atomic mass is 32.2. The smallest absolute Gasteiger partial charge is 0.252 e. The molecule has 0 aromatic carbocycles. The predicted octanol–water partition coefficient (Wildman–Crippen LogP) is 0.485. The lowest BCUT2D eigenvalue weighted by Crippen LogP contribution is -2.25. The number of hydrogen-bond acceptors (Lipinski definition) is 4. The fourth-order valence-electron chi connectivity index (χ4n) is 1.15. The van der Waals surface area contributed by atoms with E-state index in [1.54, 1.807) is 24.0 Å². The van der Waals surface area contributed by atoms with Crippen LogP contribution in [0.2, 0.25) is 0 Å². The second-order valence-corrected chi connectivity index (χ2v) is 4.20. The molecule has 1 aromatic rings. The summed E-state index contributed by atoms with van der Waals surface area (Å²) >= 11 is 1.69. The molecule has 5 heteroatoms. The van der Waals surface area contributed by atoms with Gasteiger partial charge in [0.1, 0.15) is 0 Å². The number of nitrogens with two attached hydrogens (primary N) is 1. The third kappa shape index (κ3) is 4.89. The summed E-state index contributed by atoms with van der Waals surface area (Å²) in [5.74, 6) is 6.34. The molecule has 90 valence electrons. The van der Waals surface area contributed by atoms with Crippen LogP contribution < -0.4 is 11.1 Å². The summed E-state index contributed by atoms with van der Waals surface area (Å²) in [6.07, 6.45) is 5.14. The number of nitrogens with zero attached hydrogens (tertiary/aromatic N) is 1. The highest BCUT2D eigenvalue weighted by Gasteiger charge is 2.05. The Kier molecular flexibility index (Phi) is 6.15. The molecular weight excluding hydrogens is 234 g/mol. The minimum atomic E-state index is -0.122. The summed E-state index contributed by atoms with van der Waals surface area (Å²) < 4.78 is 0. The van der Waals surface area contributed by atoms with Crippen molar-refractivity contribution in [1.82, 2.24) is 10.3 Å². The van der Waals surface area contributed by atoms with Gasteiger partial charge >= 0.3 is 0 Å². The summed E-state index contributed by atoms with van der Waals surface area (Å²) in [5, 5.41) is 2.81. The van der Waals surface area contributed by atoms with Crippen molar-refractivity contribution < 1.29 is 4.79 Å². The van der Waals surface area contributed by atoms with Gasteiger partial charge < -0.3 is 11.1 Å². The molecule has 0 bridgehead atoms. The van der Waals surface area contributed by atoms with E-state index in [4.69, 9.17) is 5.73 Å². The third-order valence-corrected chi connectivity index (χ3v) is 2.54. The van der Waals surface area contributed by atoms with Crippen molar-refractivity contribution >= 4 is 17.7 Å². The maximum absolute atomic E-state index is 11.7. The molecule has 0 aliphatic carbocycles. The van der Waals surface area contributed by atoms with Crippen LogP contribution in [-0.2, 0) is 0 Å². The molecule has 1 aromatic heterocycles. The molecule has 0 spiro atoms. The van der Waals surface area contributed by atoms with E-state index in [1.807, 2.05) is 6.26 Å². The minimum absolute atomic E-state index is 0.122. The summed E-state index contributed by atoms with van der Waals surface area (Å²) in [4.78, 5) is 15.7. The summed E-state index contributed by atoms with van der Waals surface area (Å²) in [6, 6.07) is 1.71. The maximum Gasteiger partial charge on any atom is 0.252 e. The van der Waals surface area contributed by atoms with E-state index in [9.17, 15) is 4.79 Å². The Bertz CT molecular complexity index is 437. The first kappa shape index (κ1) is 13.6. The third-order valence-electron chi connectivity index (χ3n) is 1.93. The zero-order valence-electron chi connectivity index (χ0n) is 9.69. The Hall–Kier alpha value is -1.51. The second-order valence-electron chi connectivity index (χ2n) is 3.22. The molecule has 4 nitrogen and oxygen atoms in total. The number of thioether (sulfide) groups is 1. The molecule has 1 heterocycles. The monoisotopic (exact) mass is 249 g/mol. The van der Waals surface area contributed by atoms with E-state index >= 15 is 0 Å². The van der Waals surface area contributed by atoms with E-state index in [0.717, 1.165) is 5.75 Å². The number of carbonyl (C=O) groups is 1. The van der Waals surface area contributed by atoms with Gasteiger partial charge in [-0.05, 0) is 12.3 Å². The molecule has 1 rings (SSSR count). The Morgan fingerprint density at radius 3 is 3.12 bits per heavy atom. The van der Waals surface area contributed by atoms with Crippen molar-refractivity contribution in [2.24, 2.45) is 5.73 Å². The Balaban J connectivity index is 2.67. The molecule has 0 fully saturated rings. The fraction of sp³-hybridized carbons (Fsp3) is 0.333. The molecule has 17 heavy (non-hydrogen) atoms. The highest BCUT2D eigenvalue weighted by molar-refractivity contribution is 7.98. The number of carbonyl (C=O) groups excluding carboxylic acids is 1. The van der Waals surface area contributed by atoms with Gasteiger partial charge in [0.25, 0.3) is 5.91 Å². The molecule has 0 unspecified atom stereocenters.